The average Bonchev–Trinajstić information content (AvgIpc) is 2.78. The molecule has 2 saturated heterocycles. The van der Waals surface area contributed by atoms with Gasteiger partial charge in [-0.05, 0) is 50.3 Å². The molecule has 0 saturated carbocycles. The molecule has 1 atom stereocenters. The summed E-state index contributed by atoms with van der Waals surface area (Å²) >= 11 is 0. The van der Waals surface area contributed by atoms with Gasteiger partial charge in [0.05, 0.1) is 11.2 Å². The number of aromatic nitrogens is 1. The Morgan fingerprint density at radius 2 is 1.83 bits per heavy atom. The van der Waals surface area contributed by atoms with Gasteiger partial charge in [-0.1, -0.05) is 0 Å². The van der Waals surface area contributed by atoms with Crippen LogP contribution in [0, 0.1) is 5.41 Å². The molecule has 1 aromatic heterocycles. The first-order chi connectivity index (χ1) is 11.5. The van der Waals surface area contributed by atoms with E-state index in [1.54, 1.807) is 23.6 Å². The maximum atomic E-state index is 13.0. The lowest BCUT2D eigenvalue weighted by Crippen LogP contribution is -2.37. The number of carbonyl (C=O) groups excluding carboxylic acids is 1. The zero-order valence-electron chi connectivity index (χ0n) is 14.1. The van der Waals surface area contributed by atoms with Crippen molar-refractivity contribution < 1.29 is 13.2 Å². The van der Waals surface area contributed by atoms with E-state index in [0.29, 0.717) is 26.1 Å². The van der Waals surface area contributed by atoms with Crippen LogP contribution in [0.15, 0.2) is 24.5 Å². The molecule has 0 aliphatic carbocycles. The van der Waals surface area contributed by atoms with Crippen molar-refractivity contribution in [2.24, 2.45) is 5.41 Å². The van der Waals surface area contributed by atoms with E-state index in [0.717, 1.165) is 31.4 Å². The predicted molar refractivity (Wildman–Crippen MR) is 91.6 cm³/mol. The van der Waals surface area contributed by atoms with Gasteiger partial charge >= 0.3 is 0 Å². The van der Waals surface area contributed by atoms with Gasteiger partial charge in [-0.25, -0.2) is 12.7 Å². The summed E-state index contributed by atoms with van der Waals surface area (Å²) in [6.45, 7) is 4.04. The number of carbonyl (C=O) groups is 1. The molecule has 2 fully saturated rings. The lowest BCUT2D eigenvalue weighted by Gasteiger charge is -2.26. The third-order valence-corrected chi connectivity index (χ3v) is 7.27. The molecular weight excluding hydrogens is 326 g/mol. The number of hydrogen-bond donors (Lipinski definition) is 0. The average molecular weight is 351 g/mol. The lowest BCUT2D eigenvalue weighted by atomic mass is 9.79. The number of sulfonamides is 1. The monoisotopic (exact) mass is 351 g/mol. The summed E-state index contributed by atoms with van der Waals surface area (Å²) in [5.74, 6) is 0.317. The second-order valence-electron chi connectivity index (χ2n) is 6.77. The molecule has 0 N–H and O–H groups in total. The summed E-state index contributed by atoms with van der Waals surface area (Å²) in [5, 5.41) is 0. The van der Waals surface area contributed by atoms with Crippen LogP contribution in [-0.4, -0.2) is 53.9 Å². The molecule has 0 bridgehead atoms. The van der Waals surface area contributed by atoms with Crippen LogP contribution in [0.3, 0.4) is 0 Å². The summed E-state index contributed by atoms with van der Waals surface area (Å²) in [6.07, 6.45) is 6.49. The van der Waals surface area contributed by atoms with Crippen molar-refractivity contribution in [2.75, 3.05) is 25.4 Å². The fraction of sp³-hybridized carbons (Fsp3) is 0.647. The minimum atomic E-state index is -3.17. The maximum absolute atomic E-state index is 13.0. The summed E-state index contributed by atoms with van der Waals surface area (Å²) < 4.78 is 25.8. The minimum absolute atomic E-state index is 0.127. The van der Waals surface area contributed by atoms with E-state index in [1.165, 1.54) is 0 Å². The van der Waals surface area contributed by atoms with Gasteiger partial charge in [0.2, 0.25) is 15.9 Å². The van der Waals surface area contributed by atoms with E-state index < -0.39 is 10.0 Å². The zero-order valence-corrected chi connectivity index (χ0v) is 15.0. The molecule has 132 valence electrons. The minimum Gasteiger partial charge on any atom is -0.338 e. The van der Waals surface area contributed by atoms with Crippen molar-refractivity contribution in [3.63, 3.8) is 0 Å². The van der Waals surface area contributed by atoms with Crippen molar-refractivity contribution in [3.8, 4) is 0 Å². The van der Waals surface area contributed by atoms with Gasteiger partial charge < -0.3 is 4.90 Å². The van der Waals surface area contributed by atoms with Crippen molar-refractivity contribution >= 4 is 15.9 Å². The molecule has 0 aromatic carbocycles. The quantitative estimate of drug-likeness (QED) is 0.827. The molecule has 3 heterocycles. The first kappa shape index (κ1) is 17.4. The highest BCUT2D eigenvalue weighted by Crippen LogP contribution is 2.42. The molecule has 2 aliphatic heterocycles. The maximum Gasteiger partial charge on any atom is 0.229 e. The number of likely N-dealkylation sites (tertiary alicyclic amines) is 1. The third-order valence-electron chi connectivity index (χ3n) is 5.38. The molecule has 1 unspecified atom stereocenters. The van der Waals surface area contributed by atoms with Crippen molar-refractivity contribution in [2.45, 2.75) is 39.2 Å². The van der Waals surface area contributed by atoms with Gasteiger partial charge in [0.1, 0.15) is 0 Å². The van der Waals surface area contributed by atoms with E-state index in [1.807, 2.05) is 17.0 Å². The number of pyridine rings is 1. The molecular formula is C17H25N3O3S. The third kappa shape index (κ3) is 3.32. The van der Waals surface area contributed by atoms with Crippen LogP contribution >= 0.6 is 0 Å². The van der Waals surface area contributed by atoms with Gasteiger partial charge in [-0.15, -0.1) is 0 Å². The Hall–Kier alpha value is -1.47. The van der Waals surface area contributed by atoms with Crippen molar-refractivity contribution in [1.82, 2.24) is 14.2 Å². The van der Waals surface area contributed by atoms with E-state index >= 15 is 0 Å². The van der Waals surface area contributed by atoms with Gasteiger partial charge in [-0.2, -0.15) is 0 Å². The Balaban J connectivity index is 1.70. The predicted octanol–water partition coefficient (Wildman–Crippen LogP) is 1.64. The molecule has 0 radical (unpaired) electrons. The number of hydrogen-bond acceptors (Lipinski definition) is 4. The fourth-order valence-electron chi connectivity index (χ4n) is 3.85. The zero-order chi connectivity index (χ0) is 17.2. The Morgan fingerprint density at radius 1 is 1.12 bits per heavy atom. The summed E-state index contributed by atoms with van der Waals surface area (Å²) in [6, 6.07) is 3.86. The van der Waals surface area contributed by atoms with E-state index in [4.69, 9.17) is 0 Å². The first-order valence-electron chi connectivity index (χ1n) is 8.63. The highest BCUT2D eigenvalue weighted by molar-refractivity contribution is 7.89. The fourth-order valence-corrected chi connectivity index (χ4v) is 4.99. The van der Waals surface area contributed by atoms with Crippen LogP contribution in [-0.2, 0) is 21.4 Å². The Kier molecular flexibility index (Phi) is 4.92. The molecule has 24 heavy (non-hydrogen) atoms. The van der Waals surface area contributed by atoms with Crippen LogP contribution in [0.1, 0.15) is 38.2 Å². The molecule has 3 rings (SSSR count). The molecule has 2 aliphatic rings. The van der Waals surface area contributed by atoms with Gasteiger partial charge in [0.15, 0.2) is 0 Å². The smallest absolute Gasteiger partial charge is 0.229 e. The molecule has 7 heteroatoms. The second kappa shape index (κ2) is 6.80. The molecule has 1 spiro atoms. The molecule has 1 aromatic rings. The van der Waals surface area contributed by atoms with Crippen LogP contribution in [0.4, 0.5) is 0 Å². The van der Waals surface area contributed by atoms with Crippen molar-refractivity contribution in [1.29, 1.82) is 0 Å². The second-order valence-corrected chi connectivity index (χ2v) is 9.02. The number of rotatable bonds is 4. The van der Waals surface area contributed by atoms with Gasteiger partial charge in [0.25, 0.3) is 0 Å². The number of amides is 1. The van der Waals surface area contributed by atoms with E-state index in [9.17, 15) is 13.2 Å². The van der Waals surface area contributed by atoms with E-state index in [-0.39, 0.29) is 17.1 Å². The standard InChI is InChI=1S/C17H25N3O3S/c1-2-24(22,23)20-11-3-6-17(8-13-20)7-12-19(16(17)21)14-15-4-9-18-10-5-15/h4-5,9-10H,2-3,6-8,11-14H2,1H3. The summed E-state index contributed by atoms with van der Waals surface area (Å²) in [4.78, 5) is 18.9. The Bertz CT molecular complexity index is 692. The molecule has 1 amide bonds. The van der Waals surface area contributed by atoms with E-state index in [2.05, 4.69) is 4.98 Å². The summed E-state index contributed by atoms with van der Waals surface area (Å²) in [7, 11) is -3.17. The molecule has 6 nitrogen and oxygen atoms in total. The van der Waals surface area contributed by atoms with Crippen LogP contribution in [0.25, 0.3) is 0 Å². The topological polar surface area (TPSA) is 70.6 Å². The first-order valence-corrected chi connectivity index (χ1v) is 10.2. The van der Waals surface area contributed by atoms with Crippen molar-refractivity contribution in [3.05, 3.63) is 30.1 Å². The SMILES string of the molecule is CCS(=O)(=O)N1CCCC2(CCN(Cc3ccncc3)C2=O)CC1. The van der Waals surface area contributed by atoms with Crippen LogP contribution in [0.5, 0.6) is 0 Å². The van der Waals surface area contributed by atoms with Gasteiger partial charge in [-0.3, -0.25) is 9.78 Å². The normalized spacial score (nSPS) is 26.0. The highest BCUT2D eigenvalue weighted by atomic mass is 32.2. The largest absolute Gasteiger partial charge is 0.338 e. The van der Waals surface area contributed by atoms with Gasteiger partial charge in [0, 0.05) is 38.6 Å². The van der Waals surface area contributed by atoms with Crippen LogP contribution in [0.2, 0.25) is 0 Å². The Morgan fingerprint density at radius 3 is 2.54 bits per heavy atom. The summed E-state index contributed by atoms with van der Waals surface area (Å²) in [5.41, 5.74) is 0.713. The highest BCUT2D eigenvalue weighted by Gasteiger charge is 2.47. The van der Waals surface area contributed by atoms with Crippen LogP contribution < -0.4 is 0 Å². The Labute approximate surface area is 143 Å². The number of nitrogens with zero attached hydrogens (tertiary/aromatic N) is 3. The lowest BCUT2D eigenvalue weighted by molar-refractivity contribution is -0.137.